The van der Waals surface area contributed by atoms with Gasteiger partial charge in [0.15, 0.2) is 0 Å². The number of hydrogen-bond acceptors (Lipinski definition) is 3. The van der Waals surface area contributed by atoms with Gasteiger partial charge in [0.25, 0.3) is 0 Å². The zero-order valence-electron chi connectivity index (χ0n) is 16.7. The van der Waals surface area contributed by atoms with Crippen molar-refractivity contribution in [1.29, 1.82) is 0 Å². The van der Waals surface area contributed by atoms with Crippen LogP contribution in [0.3, 0.4) is 0 Å². The minimum absolute atomic E-state index is 0.174. The van der Waals surface area contributed by atoms with Crippen LogP contribution in [0.15, 0.2) is 84.9 Å². The summed E-state index contributed by atoms with van der Waals surface area (Å²) < 4.78 is 25.2. The van der Waals surface area contributed by atoms with Crippen molar-refractivity contribution in [2.24, 2.45) is 0 Å². The van der Waals surface area contributed by atoms with E-state index in [4.69, 9.17) is 0 Å². The lowest BCUT2D eigenvalue weighted by atomic mass is 9.99. The van der Waals surface area contributed by atoms with Crippen LogP contribution in [0, 0.1) is 0 Å². The largest absolute Gasteiger partial charge is 0.334 e. The monoisotopic (exact) mass is 423 g/mol. The maximum atomic E-state index is 12.6. The molecule has 3 aromatic rings. The summed E-state index contributed by atoms with van der Waals surface area (Å²) in [5.41, 5.74) is 3.41. The zero-order valence-corrected chi connectivity index (χ0v) is 17.5. The highest BCUT2D eigenvalue weighted by atomic mass is 32.2. The fraction of sp³-hybridized carbons (Fsp3) is 0.174. The van der Waals surface area contributed by atoms with Gasteiger partial charge in [-0.25, -0.2) is 13.2 Å². The molecule has 1 unspecified atom stereocenters. The number of benzene rings is 3. The smallest absolute Gasteiger partial charge is 0.315 e. The Balaban J connectivity index is 1.64. The molecule has 0 spiro atoms. The highest BCUT2D eigenvalue weighted by Gasteiger charge is 2.15. The third-order valence-electron chi connectivity index (χ3n) is 4.47. The van der Waals surface area contributed by atoms with Crippen LogP contribution in [0.1, 0.15) is 22.7 Å². The predicted octanol–water partition coefficient (Wildman–Crippen LogP) is 3.84. The summed E-state index contributed by atoms with van der Waals surface area (Å²) in [5.74, 6) is 0. The Bertz CT molecular complexity index is 1070. The molecule has 156 valence electrons. The average Bonchev–Trinajstić information content (AvgIpc) is 2.72. The van der Waals surface area contributed by atoms with E-state index in [1.165, 1.54) is 0 Å². The lowest BCUT2D eigenvalue weighted by Gasteiger charge is -2.20. The van der Waals surface area contributed by atoms with Crippen LogP contribution in [0.2, 0.25) is 0 Å². The second-order valence-electron chi connectivity index (χ2n) is 7.05. The Morgan fingerprint density at radius 3 is 2.17 bits per heavy atom. The standard InChI is InChI=1S/C23H25N3O3S/c1-30(28,29)26-21-14-8-11-19(15-21)17-24-23(27)25-22(20-12-6-3-7-13-20)16-18-9-4-2-5-10-18/h2-15,22,26H,16-17H2,1H3,(H2,24,25,27). The van der Waals surface area contributed by atoms with E-state index in [0.29, 0.717) is 12.1 Å². The molecule has 0 saturated carbocycles. The molecule has 0 aromatic heterocycles. The lowest BCUT2D eigenvalue weighted by Crippen LogP contribution is -2.38. The highest BCUT2D eigenvalue weighted by molar-refractivity contribution is 7.92. The van der Waals surface area contributed by atoms with Gasteiger partial charge in [0.1, 0.15) is 0 Å². The number of nitrogens with one attached hydrogen (secondary N) is 3. The zero-order chi connectivity index (χ0) is 21.4. The number of rotatable bonds is 8. The molecule has 0 aliphatic rings. The van der Waals surface area contributed by atoms with Crippen molar-refractivity contribution in [1.82, 2.24) is 10.6 Å². The van der Waals surface area contributed by atoms with Crippen LogP contribution in [-0.2, 0) is 23.0 Å². The molecule has 3 rings (SSSR count). The van der Waals surface area contributed by atoms with Gasteiger partial charge in [-0.15, -0.1) is 0 Å². The summed E-state index contributed by atoms with van der Waals surface area (Å²) in [6.07, 6.45) is 1.77. The van der Waals surface area contributed by atoms with Crippen molar-refractivity contribution in [2.45, 2.75) is 19.0 Å². The molecule has 7 heteroatoms. The Morgan fingerprint density at radius 1 is 0.867 bits per heavy atom. The molecule has 0 aliphatic carbocycles. The van der Waals surface area contributed by atoms with Gasteiger partial charge >= 0.3 is 6.03 Å². The maximum Gasteiger partial charge on any atom is 0.315 e. The summed E-state index contributed by atoms with van der Waals surface area (Å²) in [6, 6.07) is 26.3. The molecular weight excluding hydrogens is 398 g/mol. The summed E-state index contributed by atoms with van der Waals surface area (Å²) in [6.45, 7) is 0.276. The first-order valence-corrected chi connectivity index (χ1v) is 11.5. The van der Waals surface area contributed by atoms with Gasteiger partial charge in [-0.05, 0) is 35.2 Å². The Labute approximate surface area is 177 Å². The number of urea groups is 1. The molecule has 2 amide bonds. The van der Waals surface area contributed by atoms with Gasteiger partial charge in [-0.2, -0.15) is 0 Å². The molecule has 1 atom stereocenters. The van der Waals surface area contributed by atoms with Gasteiger partial charge in [-0.3, -0.25) is 4.72 Å². The topological polar surface area (TPSA) is 87.3 Å². The van der Waals surface area contributed by atoms with Crippen LogP contribution in [0.5, 0.6) is 0 Å². The predicted molar refractivity (Wildman–Crippen MR) is 120 cm³/mol. The van der Waals surface area contributed by atoms with Crippen molar-refractivity contribution in [3.05, 3.63) is 102 Å². The van der Waals surface area contributed by atoms with Gasteiger partial charge < -0.3 is 10.6 Å². The van der Waals surface area contributed by atoms with E-state index >= 15 is 0 Å². The molecule has 0 saturated heterocycles. The van der Waals surface area contributed by atoms with Crippen molar-refractivity contribution in [2.75, 3.05) is 11.0 Å². The van der Waals surface area contributed by atoms with Crippen LogP contribution < -0.4 is 15.4 Å². The van der Waals surface area contributed by atoms with E-state index in [0.717, 1.165) is 22.9 Å². The summed E-state index contributed by atoms with van der Waals surface area (Å²) >= 11 is 0. The van der Waals surface area contributed by atoms with Crippen LogP contribution in [0.25, 0.3) is 0 Å². The summed E-state index contributed by atoms with van der Waals surface area (Å²) in [5, 5.41) is 5.89. The van der Waals surface area contributed by atoms with Crippen LogP contribution >= 0.6 is 0 Å². The SMILES string of the molecule is CS(=O)(=O)Nc1cccc(CNC(=O)NC(Cc2ccccc2)c2ccccc2)c1. The van der Waals surface area contributed by atoms with Gasteiger partial charge in [0, 0.05) is 12.2 Å². The molecule has 0 fully saturated rings. The second-order valence-corrected chi connectivity index (χ2v) is 8.80. The molecule has 6 nitrogen and oxygen atoms in total. The van der Waals surface area contributed by atoms with Gasteiger partial charge in [0.05, 0.1) is 12.3 Å². The summed E-state index contributed by atoms with van der Waals surface area (Å²) in [7, 11) is -3.35. The van der Waals surface area contributed by atoms with Gasteiger partial charge in [0.2, 0.25) is 10.0 Å². The van der Waals surface area contributed by atoms with E-state index in [1.807, 2.05) is 66.7 Å². The quantitative estimate of drug-likeness (QED) is 0.514. The lowest BCUT2D eigenvalue weighted by molar-refractivity contribution is 0.236. The van der Waals surface area contributed by atoms with Crippen molar-refractivity contribution in [3.8, 4) is 0 Å². The molecule has 0 bridgehead atoms. The van der Waals surface area contributed by atoms with Crippen molar-refractivity contribution in [3.63, 3.8) is 0 Å². The highest BCUT2D eigenvalue weighted by Crippen LogP contribution is 2.18. The Morgan fingerprint density at radius 2 is 1.50 bits per heavy atom. The Kier molecular flexibility index (Phi) is 7.08. The van der Waals surface area contributed by atoms with E-state index < -0.39 is 10.0 Å². The number of hydrogen-bond donors (Lipinski definition) is 3. The minimum atomic E-state index is -3.35. The second kappa shape index (κ2) is 9.93. The van der Waals surface area contributed by atoms with E-state index in [2.05, 4.69) is 15.4 Å². The fourth-order valence-corrected chi connectivity index (χ4v) is 3.69. The number of sulfonamides is 1. The number of carbonyl (C=O) groups excluding carboxylic acids is 1. The molecule has 3 N–H and O–H groups in total. The molecular formula is C23H25N3O3S. The van der Waals surface area contributed by atoms with Crippen LogP contribution in [-0.4, -0.2) is 20.7 Å². The van der Waals surface area contributed by atoms with E-state index in [9.17, 15) is 13.2 Å². The normalized spacial score (nSPS) is 12.0. The number of amides is 2. The molecule has 3 aromatic carbocycles. The molecule has 0 heterocycles. The number of anilines is 1. The summed E-state index contributed by atoms with van der Waals surface area (Å²) in [4.78, 5) is 12.6. The van der Waals surface area contributed by atoms with E-state index in [-0.39, 0.29) is 18.6 Å². The van der Waals surface area contributed by atoms with Crippen molar-refractivity contribution < 1.29 is 13.2 Å². The average molecular weight is 424 g/mol. The van der Waals surface area contributed by atoms with Crippen LogP contribution in [0.4, 0.5) is 10.5 Å². The Hall–Kier alpha value is -3.32. The third kappa shape index (κ3) is 6.93. The van der Waals surface area contributed by atoms with Gasteiger partial charge in [-0.1, -0.05) is 72.8 Å². The maximum absolute atomic E-state index is 12.6. The molecule has 0 radical (unpaired) electrons. The first-order chi connectivity index (χ1) is 14.4. The first kappa shape index (κ1) is 21.4. The molecule has 30 heavy (non-hydrogen) atoms. The third-order valence-corrected chi connectivity index (χ3v) is 5.08. The van der Waals surface area contributed by atoms with E-state index in [1.54, 1.807) is 18.2 Å². The van der Waals surface area contributed by atoms with Crippen molar-refractivity contribution >= 4 is 21.7 Å². The molecule has 0 aliphatic heterocycles. The minimum Gasteiger partial charge on any atom is -0.334 e. The first-order valence-electron chi connectivity index (χ1n) is 9.59. The fourth-order valence-electron chi connectivity index (χ4n) is 3.14. The number of carbonyl (C=O) groups is 1.